The van der Waals surface area contributed by atoms with Crippen molar-refractivity contribution in [2.75, 3.05) is 12.4 Å². The second-order valence-corrected chi connectivity index (χ2v) is 7.16. The maximum absolute atomic E-state index is 12.4. The highest BCUT2D eigenvalue weighted by Crippen LogP contribution is 2.33. The number of aryl methyl sites for hydroxylation is 2. The van der Waals surface area contributed by atoms with Gasteiger partial charge in [-0.2, -0.15) is 0 Å². The standard InChI is InChI=1S/C21H22N2O3S/c1-13-5-8-16(9-6-13)26-15(3)20(24)23-21-22-18(12-27-21)17-11-14(2)7-10-19(17)25-4/h5-12,15H,1-4H3,(H,22,23,24). The second-order valence-electron chi connectivity index (χ2n) is 6.30. The summed E-state index contributed by atoms with van der Waals surface area (Å²) in [5, 5.41) is 5.25. The molecule has 1 amide bonds. The van der Waals surface area contributed by atoms with E-state index in [4.69, 9.17) is 9.47 Å². The number of methoxy groups -OCH3 is 1. The number of hydrogen-bond donors (Lipinski definition) is 1. The topological polar surface area (TPSA) is 60.5 Å². The Hall–Kier alpha value is -2.86. The Morgan fingerprint density at radius 3 is 2.52 bits per heavy atom. The normalized spacial score (nSPS) is 11.7. The number of thiazole rings is 1. The third-order valence-corrected chi connectivity index (χ3v) is 4.83. The van der Waals surface area contributed by atoms with Gasteiger partial charge < -0.3 is 9.47 Å². The maximum Gasteiger partial charge on any atom is 0.266 e. The first-order valence-corrected chi connectivity index (χ1v) is 9.49. The van der Waals surface area contributed by atoms with Crippen molar-refractivity contribution < 1.29 is 14.3 Å². The minimum atomic E-state index is -0.631. The smallest absolute Gasteiger partial charge is 0.266 e. The highest BCUT2D eigenvalue weighted by Gasteiger charge is 2.17. The van der Waals surface area contributed by atoms with E-state index in [0.717, 1.165) is 28.1 Å². The zero-order chi connectivity index (χ0) is 19.4. The van der Waals surface area contributed by atoms with E-state index in [1.54, 1.807) is 14.0 Å². The highest BCUT2D eigenvalue weighted by atomic mass is 32.1. The molecule has 0 saturated carbocycles. The van der Waals surface area contributed by atoms with E-state index in [1.165, 1.54) is 11.3 Å². The van der Waals surface area contributed by atoms with Crippen molar-refractivity contribution in [2.24, 2.45) is 0 Å². The van der Waals surface area contributed by atoms with Crippen molar-refractivity contribution in [3.05, 3.63) is 59.0 Å². The summed E-state index contributed by atoms with van der Waals surface area (Å²) in [6.07, 6.45) is -0.631. The summed E-state index contributed by atoms with van der Waals surface area (Å²) < 4.78 is 11.1. The van der Waals surface area contributed by atoms with Crippen LogP contribution in [0.15, 0.2) is 47.8 Å². The lowest BCUT2D eigenvalue weighted by molar-refractivity contribution is -0.122. The van der Waals surface area contributed by atoms with Crippen LogP contribution in [0.2, 0.25) is 0 Å². The average molecular weight is 382 g/mol. The molecule has 1 N–H and O–H groups in total. The van der Waals surface area contributed by atoms with Gasteiger partial charge >= 0.3 is 0 Å². The van der Waals surface area contributed by atoms with Crippen molar-refractivity contribution >= 4 is 22.4 Å². The zero-order valence-electron chi connectivity index (χ0n) is 15.8. The Bertz CT molecular complexity index is 935. The number of hydrogen-bond acceptors (Lipinski definition) is 5. The van der Waals surface area contributed by atoms with Crippen LogP contribution in [-0.2, 0) is 4.79 Å². The first-order valence-electron chi connectivity index (χ1n) is 8.61. The van der Waals surface area contributed by atoms with E-state index in [2.05, 4.69) is 10.3 Å². The molecule has 6 heteroatoms. The first kappa shape index (κ1) is 18.9. The molecule has 1 aromatic heterocycles. The number of nitrogens with zero attached hydrogens (tertiary/aromatic N) is 1. The van der Waals surface area contributed by atoms with Crippen LogP contribution >= 0.6 is 11.3 Å². The molecule has 0 bridgehead atoms. The average Bonchev–Trinajstić information content (AvgIpc) is 3.11. The number of aromatic nitrogens is 1. The van der Waals surface area contributed by atoms with Crippen molar-refractivity contribution in [3.8, 4) is 22.8 Å². The minimum Gasteiger partial charge on any atom is -0.496 e. The molecule has 0 radical (unpaired) electrons. The van der Waals surface area contributed by atoms with Gasteiger partial charge in [-0.3, -0.25) is 10.1 Å². The van der Waals surface area contributed by atoms with Gasteiger partial charge in [0.1, 0.15) is 11.5 Å². The second kappa shape index (κ2) is 8.22. The van der Waals surface area contributed by atoms with Gasteiger partial charge in [-0.15, -0.1) is 11.3 Å². The van der Waals surface area contributed by atoms with Crippen molar-refractivity contribution in [1.29, 1.82) is 0 Å². The van der Waals surface area contributed by atoms with Gasteiger partial charge in [0.25, 0.3) is 5.91 Å². The van der Waals surface area contributed by atoms with Crippen LogP contribution in [0.4, 0.5) is 5.13 Å². The number of amides is 1. The molecule has 0 aliphatic rings. The molecule has 2 aromatic carbocycles. The Morgan fingerprint density at radius 2 is 1.81 bits per heavy atom. The minimum absolute atomic E-state index is 0.243. The van der Waals surface area contributed by atoms with Crippen LogP contribution in [-0.4, -0.2) is 24.1 Å². The van der Waals surface area contributed by atoms with Crippen molar-refractivity contribution in [2.45, 2.75) is 26.9 Å². The lowest BCUT2D eigenvalue weighted by atomic mass is 10.1. The van der Waals surface area contributed by atoms with E-state index in [0.29, 0.717) is 10.9 Å². The predicted molar refractivity (Wildman–Crippen MR) is 109 cm³/mol. The Morgan fingerprint density at radius 1 is 1.11 bits per heavy atom. The predicted octanol–water partition coefficient (Wildman–Crippen LogP) is 4.84. The molecular weight excluding hydrogens is 360 g/mol. The van der Waals surface area contributed by atoms with Gasteiger partial charge in [0, 0.05) is 10.9 Å². The van der Waals surface area contributed by atoms with Gasteiger partial charge in [0.2, 0.25) is 0 Å². The van der Waals surface area contributed by atoms with Crippen LogP contribution in [0.25, 0.3) is 11.3 Å². The van der Waals surface area contributed by atoms with Crippen LogP contribution in [0, 0.1) is 13.8 Å². The number of carbonyl (C=O) groups is 1. The summed E-state index contributed by atoms with van der Waals surface area (Å²) in [7, 11) is 1.63. The quantitative estimate of drug-likeness (QED) is 0.663. The zero-order valence-corrected chi connectivity index (χ0v) is 16.6. The molecule has 3 aromatic rings. The van der Waals surface area contributed by atoms with Crippen LogP contribution in [0.1, 0.15) is 18.1 Å². The van der Waals surface area contributed by atoms with E-state index in [-0.39, 0.29) is 5.91 Å². The molecule has 1 atom stereocenters. The molecule has 0 fully saturated rings. The number of benzene rings is 2. The van der Waals surface area contributed by atoms with Gasteiger partial charge in [-0.25, -0.2) is 4.98 Å². The molecule has 0 aliphatic carbocycles. The first-order chi connectivity index (χ1) is 13.0. The monoisotopic (exact) mass is 382 g/mol. The molecule has 3 rings (SSSR count). The lowest BCUT2D eigenvalue weighted by Gasteiger charge is -2.13. The SMILES string of the molecule is COc1ccc(C)cc1-c1csc(NC(=O)C(C)Oc2ccc(C)cc2)n1. The van der Waals surface area contributed by atoms with E-state index >= 15 is 0 Å². The lowest BCUT2D eigenvalue weighted by Crippen LogP contribution is -2.30. The maximum atomic E-state index is 12.4. The highest BCUT2D eigenvalue weighted by molar-refractivity contribution is 7.14. The molecule has 5 nitrogen and oxygen atoms in total. The Kier molecular flexibility index (Phi) is 5.76. The van der Waals surface area contributed by atoms with Crippen LogP contribution in [0.5, 0.6) is 11.5 Å². The molecule has 0 aliphatic heterocycles. The fraction of sp³-hybridized carbons (Fsp3) is 0.238. The van der Waals surface area contributed by atoms with E-state index in [9.17, 15) is 4.79 Å². The molecule has 140 valence electrons. The van der Waals surface area contributed by atoms with Gasteiger partial charge in [0.05, 0.1) is 12.8 Å². The van der Waals surface area contributed by atoms with Gasteiger partial charge in [-0.05, 0) is 45.0 Å². The third kappa shape index (κ3) is 4.65. The molecule has 27 heavy (non-hydrogen) atoms. The molecule has 1 unspecified atom stereocenters. The number of carbonyl (C=O) groups excluding carboxylic acids is 1. The fourth-order valence-electron chi connectivity index (χ4n) is 2.56. The fourth-order valence-corrected chi connectivity index (χ4v) is 3.27. The number of rotatable bonds is 6. The van der Waals surface area contributed by atoms with Gasteiger partial charge in [0.15, 0.2) is 11.2 Å². The number of ether oxygens (including phenoxy) is 2. The molecule has 0 spiro atoms. The summed E-state index contributed by atoms with van der Waals surface area (Å²) in [5.41, 5.74) is 3.92. The molecule has 0 saturated heterocycles. The number of nitrogens with one attached hydrogen (secondary N) is 1. The van der Waals surface area contributed by atoms with Crippen LogP contribution < -0.4 is 14.8 Å². The Balaban J connectivity index is 1.69. The van der Waals surface area contributed by atoms with Crippen molar-refractivity contribution in [3.63, 3.8) is 0 Å². The van der Waals surface area contributed by atoms with Gasteiger partial charge in [-0.1, -0.05) is 29.3 Å². The summed E-state index contributed by atoms with van der Waals surface area (Å²) >= 11 is 1.37. The van der Waals surface area contributed by atoms with Crippen LogP contribution in [0.3, 0.4) is 0 Å². The van der Waals surface area contributed by atoms with E-state index in [1.807, 2.05) is 61.7 Å². The summed E-state index contributed by atoms with van der Waals surface area (Å²) in [4.78, 5) is 16.9. The van der Waals surface area contributed by atoms with Crippen molar-refractivity contribution in [1.82, 2.24) is 4.98 Å². The molecule has 1 heterocycles. The summed E-state index contributed by atoms with van der Waals surface area (Å²) in [6.45, 7) is 5.73. The Labute approximate surface area is 163 Å². The summed E-state index contributed by atoms with van der Waals surface area (Å²) in [6, 6.07) is 13.5. The molecular formula is C21H22N2O3S. The van der Waals surface area contributed by atoms with E-state index < -0.39 is 6.10 Å². The third-order valence-electron chi connectivity index (χ3n) is 4.07. The number of anilines is 1. The summed E-state index contributed by atoms with van der Waals surface area (Å²) in [5.74, 6) is 1.17. The largest absolute Gasteiger partial charge is 0.496 e.